The van der Waals surface area contributed by atoms with Gasteiger partial charge in [-0.1, -0.05) is 13.8 Å². The van der Waals surface area contributed by atoms with Crippen molar-refractivity contribution in [1.82, 2.24) is 15.1 Å². The van der Waals surface area contributed by atoms with Crippen LogP contribution in [0.3, 0.4) is 0 Å². The second-order valence-electron chi connectivity index (χ2n) is 6.44. The van der Waals surface area contributed by atoms with Gasteiger partial charge in [0.05, 0.1) is 0 Å². The average molecular weight is 267 g/mol. The van der Waals surface area contributed by atoms with Crippen LogP contribution in [0.2, 0.25) is 0 Å². The monoisotopic (exact) mass is 267 g/mol. The Kier molecular flexibility index (Phi) is 5.64. The van der Waals surface area contributed by atoms with Gasteiger partial charge in [0, 0.05) is 45.7 Å². The zero-order valence-electron chi connectivity index (χ0n) is 12.5. The van der Waals surface area contributed by atoms with Gasteiger partial charge in [-0.3, -0.25) is 4.79 Å². The van der Waals surface area contributed by atoms with Gasteiger partial charge in [-0.05, 0) is 31.2 Å². The lowest BCUT2D eigenvalue weighted by molar-refractivity contribution is -0.131. The van der Waals surface area contributed by atoms with Crippen LogP contribution in [0, 0.1) is 11.8 Å². The number of amides is 1. The van der Waals surface area contributed by atoms with Crippen molar-refractivity contribution in [3.63, 3.8) is 0 Å². The van der Waals surface area contributed by atoms with E-state index in [1.807, 2.05) is 4.90 Å². The molecular formula is C15H29N3O. The maximum absolute atomic E-state index is 12.0. The summed E-state index contributed by atoms with van der Waals surface area (Å²) >= 11 is 0. The summed E-state index contributed by atoms with van der Waals surface area (Å²) in [5, 5.41) is 3.28. The lowest BCUT2D eigenvalue weighted by Gasteiger charge is -2.35. The molecule has 2 aliphatic rings. The molecule has 0 bridgehead atoms. The molecule has 0 aromatic rings. The first-order valence-electron chi connectivity index (χ1n) is 7.86. The Hall–Kier alpha value is -0.610. The maximum atomic E-state index is 12.0. The molecule has 2 heterocycles. The van der Waals surface area contributed by atoms with E-state index >= 15 is 0 Å². The molecular weight excluding hydrogens is 238 g/mol. The van der Waals surface area contributed by atoms with E-state index in [0.717, 1.165) is 57.4 Å². The molecule has 0 aliphatic carbocycles. The highest BCUT2D eigenvalue weighted by Gasteiger charge is 2.22. The van der Waals surface area contributed by atoms with Crippen LogP contribution >= 0.6 is 0 Å². The molecule has 110 valence electrons. The SMILES string of the molecule is CC1CC(C)CN(CCCC(=O)N2CCNCC2)C1. The second-order valence-corrected chi connectivity index (χ2v) is 6.44. The fourth-order valence-electron chi connectivity index (χ4n) is 3.50. The zero-order valence-corrected chi connectivity index (χ0v) is 12.5. The predicted octanol–water partition coefficient (Wildman–Crippen LogP) is 1.18. The normalized spacial score (nSPS) is 29.5. The second kappa shape index (κ2) is 7.25. The van der Waals surface area contributed by atoms with E-state index in [1.54, 1.807) is 0 Å². The minimum Gasteiger partial charge on any atom is -0.340 e. The highest BCUT2D eigenvalue weighted by molar-refractivity contribution is 5.76. The Morgan fingerprint density at radius 3 is 2.42 bits per heavy atom. The minimum absolute atomic E-state index is 0.347. The molecule has 1 N–H and O–H groups in total. The number of hydrogen-bond donors (Lipinski definition) is 1. The summed E-state index contributed by atoms with van der Waals surface area (Å²) in [5.41, 5.74) is 0. The highest BCUT2D eigenvalue weighted by atomic mass is 16.2. The number of rotatable bonds is 4. The number of nitrogens with one attached hydrogen (secondary N) is 1. The van der Waals surface area contributed by atoms with Crippen molar-refractivity contribution >= 4 is 5.91 Å². The van der Waals surface area contributed by atoms with E-state index < -0.39 is 0 Å². The van der Waals surface area contributed by atoms with E-state index in [4.69, 9.17) is 0 Å². The minimum atomic E-state index is 0.347. The number of nitrogens with zero attached hydrogens (tertiary/aromatic N) is 2. The highest BCUT2D eigenvalue weighted by Crippen LogP contribution is 2.21. The van der Waals surface area contributed by atoms with Gasteiger partial charge in [-0.15, -0.1) is 0 Å². The summed E-state index contributed by atoms with van der Waals surface area (Å²) in [6.07, 6.45) is 3.09. The first-order valence-corrected chi connectivity index (χ1v) is 7.86. The Morgan fingerprint density at radius 1 is 1.16 bits per heavy atom. The molecule has 0 aromatic carbocycles. The summed E-state index contributed by atoms with van der Waals surface area (Å²) in [6, 6.07) is 0. The Bertz CT molecular complexity index is 279. The van der Waals surface area contributed by atoms with Gasteiger partial charge >= 0.3 is 0 Å². The van der Waals surface area contributed by atoms with Gasteiger partial charge < -0.3 is 15.1 Å². The van der Waals surface area contributed by atoms with Crippen molar-refractivity contribution in [2.45, 2.75) is 33.1 Å². The third kappa shape index (κ3) is 4.77. The van der Waals surface area contributed by atoms with Crippen molar-refractivity contribution in [3.05, 3.63) is 0 Å². The number of hydrogen-bond acceptors (Lipinski definition) is 3. The molecule has 1 amide bonds. The van der Waals surface area contributed by atoms with Gasteiger partial charge in [0.15, 0.2) is 0 Å². The Balaban J connectivity index is 1.64. The van der Waals surface area contributed by atoms with E-state index in [-0.39, 0.29) is 0 Å². The first kappa shape index (κ1) is 14.8. The van der Waals surface area contributed by atoms with Gasteiger partial charge in [-0.2, -0.15) is 0 Å². The lowest BCUT2D eigenvalue weighted by atomic mass is 9.92. The molecule has 0 radical (unpaired) electrons. The maximum Gasteiger partial charge on any atom is 0.222 e. The van der Waals surface area contributed by atoms with Gasteiger partial charge in [0.2, 0.25) is 5.91 Å². The number of carbonyl (C=O) groups excluding carboxylic acids is 1. The summed E-state index contributed by atoms with van der Waals surface area (Å²) in [6.45, 7) is 11.9. The molecule has 4 heteroatoms. The molecule has 4 nitrogen and oxygen atoms in total. The molecule has 0 spiro atoms. The predicted molar refractivity (Wildman–Crippen MR) is 78.1 cm³/mol. The standard InChI is InChI=1S/C15H29N3O/c1-13-10-14(2)12-17(11-13)7-3-4-15(19)18-8-5-16-6-9-18/h13-14,16H,3-12H2,1-2H3. The van der Waals surface area contributed by atoms with Crippen LogP contribution in [0.15, 0.2) is 0 Å². The lowest BCUT2D eigenvalue weighted by Crippen LogP contribution is -2.46. The summed E-state index contributed by atoms with van der Waals surface area (Å²) in [7, 11) is 0. The van der Waals surface area contributed by atoms with Crippen molar-refractivity contribution < 1.29 is 4.79 Å². The van der Waals surface area contributed by atoms with Crippen LogP contribution in [0.1, 0.15) is 33.1 Å². The first-order chi connectivity index (χ1) is 9.15. The van der Waals surface area contributed by atoms with Crippen LogP contribution in [0.4, 0.5) is 0 Å². The fourth-order valence-corrected chi connectivity index (χ4v) is 3.50. The van der Waals surface area contributed by atoms with E-state index in [2.05, 4.69) is 24.1 Å². The van der Waals surface area contributed by atoms with E-state index in [9.17, 15) is 4.79 Å². The van der Waals surface area contributed by atoms with Crippen molar-refractivity contribution in [2.24, 2.45) is 11.8 Å². The summed E-state index contributed by atoms with van der Waals surface area (Å²) in [5.74, 6) is 1.97. The van der Waals surface area contributed by atoms with Crippen molar-refractivity contribution in [3.8, 4) is 0 Å². The van der Waals surface area contributed by atoms with Crippen LogP contribution in [-0.4, -0.2) is 61.5 Å². The van der Waals surface area contributed by atoms with Gasteiger partial charge in [0.25, 0.3) is 0 Å². The third-order valence-corrected chi connectivity index (χ3v) is 4.28. The molecule has 2 rings (SSSR count). The topological polar surface area (TPSA) is 35.6 Å². The van der Waals surface area contributed by atoms with E-state index in [1.165, 1.54) is 19.5 Å². The van der Waals surface area contributed by atoms with E-state index in [0.29, 0.717) is 5.91 Å². The number of piperidine rings is 1. The molecule has 2 fully saturated rings. The van der Waals surface area contributed by atoms with Crippen LogP contribution in [0.25, 0.3) is 0 Å². The number of carbonyl (C=O) groups is 1. The fraction of sp³-hybridized carbons (Fsp3) is 0.933. The molecule has 0 saturated carbocycles. The van der Waals surface area contributed by atoms with Crippen LogP contribution in [-0.2, 0) is 4.79 Å². The molecule has 2 aliphatic heterocycles. The summed E-state index contributed by atoms with van der Waals surface area (Å²) in [4.78, 5) is 16.6. The van der Waals surface area contributed by atoms with Crippen LogP contribution < -0.4 is 5.32 Å². The van der Waals surface area contributed by atoms with Gasteiger partial charge in [0.1, 0.15) is 0 Å². The smallest absolute Gasteiger partial charge is 0.222 e. The number of piperazine rings is 1. The molecule has 19 heavy (non-hydrogen) atoms. The summed E-state index contributed by atoms with van der Waals surface area (Å²) < 4.78 is 0. The van der Waals surface area contributed by atoms with Crippen LogP contribution in [0.5, 0.6) is 0 Å². The third-order valence-electron chi connectivity index (χ3n) is 4.28. The average Bonchev–Trinajstić information content (AvgIpc) is 2.38. The van der Waals surface area contributed by atoms with Crippen molar-refractivity contribution in [1.29, 1.82) is 0 Å². The van der Waals surface area contributed by atoms with Crippen molar-refractivity contribution in [2.75, 3.05) is 45.8 Å². The quantitative estimate of drug-likeness (QED) is 0.831. The zero-order chi connectivity index (χ0) is 13.7. The largest absolute Gasteiger partial charge is 0.340 e. The molecule has 2 unspecified atom stereocenters. The number of likely N-dealkylation sites (tertiary alicyclic amines) is 1. The molecule has 2 saturated heterocycles. The van der Waals surface area contributed by atoms with Gasteiger partial charge in [-0.25, -0.2) is 0 Å². The Morgan fingerprint density at radius 2 is 1.79 bits per heavy atom. The Labute approximate surface area is 117 Å². The molecule has 2 atom stereocenters. The molecule has 0 aromatic heterocycles.